The Kier molecular flexibility index (Phi) is 6.51. The number of carbonyl (C=O) groups excluding carboxylic acids is 1. The van der Waals surface area contributed by atoms with Gasteiger partial charge in [-0.25, -0.2) is 0 Å². The van der Waals surface area contributed by atoms with Gasteiger partial charge in [-0.15, -0.1) is 11.3 Å². The van der Waals surface area contributed by atoms with Gasteiger partial charge in [0.15, 0.2) is 0 Å². The first-order valence-electron chi connectivity index (χ1n) is 8.90. The van der Waals surface area contributed by atoms with Crippen molar-refractivity contribution >= 4 is 28.8 Å². The van der Waals surface area contributed by atoms with Gasteiger partial charge in [0.2, 0.25) is 5.91 Å². The molecule has 1 N–H and O–H groups in total. The van der Waals surface area contributed by atoms with Crippen molar-refractivity contribution in [3.05, 3.63) is 57.2 Å². The van der Waals surface area contributed by atoms with E-state index in [9.17, 15) is 4.79 Å². The van der Waals surface area contributed by atoms with Crippen LogP contribution in [0, 0.1) is 5.92 Å². The first kappa shape index (κ1) is 18.4. The summed E-state index contributed by atoms with van der Waals surface area (Å²) in [6.07, 6.45) is 2.84. The summed E-state index contributed by atoms with van der Waals surface area (Å²) in [4.78, 5) is 16.2. The van der Waals surface area contributed by atoms with Gasteiger partial charge < -0.3 is 5.32 Å². The zero-order valence-corrected chi connectivity index (χ0v) is 16.2. The summed E-state index contributed by atoms with van der Waals surface area (Å²) in [5.41, 5.74) is 0.949. The van der Waals surface area contributed by atoms with E-state index in [2.05, 4.69) is 34.7 Å². The van der Waals surface area contributed by atoms with Crippen molar-refractivity contribution in [3.8, 4) is 0 Å². The minimum atomic E-state index is 0.0502. The lowest BCUT2D eigenvalue weighted by Crippen LogP contribution is -2.41. The van der Waals surface area contributed by atoms with Crippen molar-refractivity contribution in [2.24, 2.45) is 5.92 Å². The summed E-state index contributed by atoms with van der Waals surface area (Å²) < 4.78 is 0. The summed E-state index contributed by atoms with van der Waals surface area (Å²) >= 11 is 7.77. The Bertz CT molecular complexity index is 681. The molecule has 3 nitrogen and oxygen atoms in total. The highest BCUT2D eigenvalue weighted by Gasteiger charge is 2.25. The fraction of sp³-hybridized carbons (Fsp3) is 0.450. The van der Waals surface area contributed by atoms with E-state index < -0.39 is 0 Å². The molecule has 1 saturated heterocycles. The quantitative estimate of drug-likeness (QED) is 0.803. The maximum Gasteiger partial charge on any atom is 0.224 e. The summed E-state index contributed by atoms with van der Waals surface area (Å²) in [7, 11) is 0. The van der Waals surface area contributed by atoms with E-state index in [1.165, 1.54) is 17.7 Å². The second-order valence-corrected chi connectivity index (χ2v) is 8.28. The number of hydrogen-bond acceptors (Lipinski definition) is 3. The molecular weight excluding hydrogens is 352 g/mol. The second-order valence-electron chi connectivity index (χ2n) is 6.86. The molecule has 0 radical (unpaired) electrons. The predicted octanol–water partition coefficient (Wildman–Crippen LogP) is 4.53. The molecule has 5 heteroatoms. The summed E-state index contributed by atoms with van der Waals surface area (Å²) in [5, 5.41) is 5.91. The van der Waals surface area contributed by atoms with Crippen LogP contribution in [0.5, 0.6) is 0 Å². The van der Waals surface area contributed by atoms with Crippen LogP contribution in [0.1, 0.15) is 36.2 Å². The third-order valence-electron chi connectivity index (χ3n) is 4.88. The molecule has 1 aromatic carbocycles. The van der Waals surface area contributed by atoms with Gasteiger partial charge in [-0.05, 0) is 61.0 Å². The van der Waals surface area contributed by atoms with Crippen molar-refractivity contribution in [2.75, 3.05) is 19.6 Å². The molecular formula is C20H25ClN2OS. The number of rotatable bonds is 6. The minimum Gasteiger partial charge on any atom is -0.354 e. The van der Waals surface area contributed by atoms with Gasteiger partial charge in [-0.2, -0.15) is 0 Å². The lowest BCUT2D eigenvalue weighted by molar-refractivity contribution is -0.120. The fourth-order valence-electron chi connectivity index (χ4n) is 3.34. The van der Waals surface area contributed by atoms with Crippen molar-refractivity contribution in [1.82, 2.24) is 10.2 Å². The number of piperidine rings is 1. The third-order valence-corrected chi connectivity index (χ3v) is 6.09. The summed E-state index contributed by atoms with van der Waals surface area (Å²) in [6, 6.07) is 12.0. The standard InChI is InChI=1S/C20H25ClN2OS/c1-15-7-9-23(10-8-15)18(19-6-3-11-25-19)14-22-20(24)13-16-4-2-5-17(21)12-16/h2-6,11-12,15,18H,7-10,13-14H2,1H3,(H,22,24). The van der Waals surface area contributed by atoms with E-state index in [0.29, 0.717) is 18.0 Å². The number of nitrogens with one attached hydrogen (secondary N) is 1. The van der Waals surface area contributed by atoms with Crippen LogP contribution in [0.4, 0.5) is 0 Å². The van der Waals surface area contributed by atoms with Gasteiger partial charge in [-0.3, -0.25) is 9.69 Å². The number of benzene rings is 1. The molecule has 25 heavy (non-hydrogen) atoms. The SMILES string of the molecule is CC1CCN(C(CNC(=O)Cc2cccc(Cl)c2)c2cccs2)CC1. The Labute approximate surface area is 159 Å². The Morgan fingerprint density at radius 3 is 2.80 bits per heavy atom. The van der Waals surface area contributed by atoms with E-state index in [4.69, 9.17) is 11.6 Å². The van der Waals surface area contributed by atoms with E-state index in [1.807, 2.05) is 24.3 Å². The van der Waals surface area contributed by atoms with Crippen LogP contribution < -0.4 is 5.32 Å². The van der Waals surface area contributed by atoms with Gasteiger partial charge >= 0.3 is 0 Å². The van der Waals surface area contributed by atoms with Crippen molar-refractivity contribution < 1.29 is 4.79 Å². The van der Waals surface area contributed by atoms with E-state index >= 15 is 0 Å². The van der Waals surface area contributed by atoms with Gasteiger partial charge in [0.1, 0.15) is 0 Å². The highest BCUT2D eigenvalue weighted by molar-refractivity contribution is 7.10. The smallest absolute Gasteiger partial charge is 0.224 e. The molecule has 2 aromatic rings. The van der Waals surface area contributed by atoms with Crippen molar-refractivity contribution in [1.29, 1.82) is 0 Å². The molecule has 1 amide bonds. The molecule has 1 unspecified atom stereocenters. The average Bonchev–Trinajstić information content (AvgIpc) is 3.11. The Morgan fingerprint density at radius 2 is 2.12 bits per heavy atom. The molecule has 1 aliphatic rings. The highest BCUT2D eigenvalue weighted by Crippen LogP contribution is 2.29. The number of hydrogen-bond donors (Lipinski definition) is 1. The summed E-state index contributed by atoms with van der Waals surface area (Å²) in [6.45, 7) is 5.19. The lowest BCUT2D eigenvalue weighted by Gasteiger charge is -2.36. The molecule has 2 heterocycles. The van der Waals surface area contributed by atoms with Gasteiger partial charge in [0, 0.05) is 16.4 Å². The third kappa shape index (κ3) is 5.30. The van der Waals surface area contributed by atoms with Crippen LogP contribution in [-0.2, 0) is 11.2 Å². The average molecular weight is 377 g/mol. The largest absolute Gasteiger partial charge is 0.354 e. The molecule has 1 aliphatic heterocycles. The first-order valence-corrected chi connectivity index (χ1v) is 10.2. The number of nitrogens with zero attached hydrogens (tertiary/aromatic N) is 1. The Balaban J connectivity index is 1.59. The topological polar surface area (TPSA) is 32.3 Å². The molecule has 3 rings (SSSR count). The molecule has 1 atom stereocenters. The molecule has 0 aliphatic carbocycles. The van der Waals surface area contributed by atoms with E-state index in [0.717, 1.165) is 24.6 Å². The molecule has 0 spiro atoms. The van der Waals surface area contributed by atoms with E-state index in [1.54, 1.807) is 11.3 Å². The molecule has 1 aromatic heterocycles. The van der Waals surface area contributed by atoms with Crippen LogP contribution in [0.25, 0.3) is 0 Å². The van der Waals surface area contributed by atoms with Crippen LogP contribution in [0.15, 0.2) is 41.8 Å². The van der Waals surface area contributed by atoms with Gasteiger partial charge in [0.25, 0.3) is 0 Å². The maximum atomic E-state index is 12.4. The first-order chi connectivity index (χ1) is 12.1. The number of thiophene rings is 1. The van der Waals surface area contributed by atoms with Crippen LogP contribution in [0.3, 0.4) is 0 Å². The Hall–Kier alpha value is -1.36. The molecule has 1 fully saturated rings. The second kappa shape index (κ2) is 8.84. The molecule has 0 saturated carbocycles. The minimum absolute atomic E-state index is 0.0502. The Morgan fingerprint density at radius 1 is 1.32 bits per heavy atom. The lowest BCUT2D eigenvalue weighted by atomic mass is 9.97. The van der Waals surface area contributed by atoms with Crippen LogP contribution in [-0.4, -0.2) is 30.4 Å². The normalized spacial score (nSPS) is 17.4. The predicted molar refractivity (Wildman–Crippen MR) is 105 cm³/mol. The van der Waals surface area contributed by atoms with Crippen molar-refractivity contribution in [2.45, 2.75) is 32.2 Å². The zero-order chi connectivity index (χ0) is 17.6. The molecule has 0 bridgehead atoms. The number of halogens is 1. The molecule has 134 valence electrons. The highest BCUT2D eigenvalue weighted by atomic mass is 35.5. The van der Waals surface area contributed by atoms with Crippen molar-refractivity contribution in [3.63, 3.8) is 0 Å². The van der Waals surface area contributed by atoms with Gasteiger partial charge in [0.05, 0.1) is 12.5 Å². The summed E-state index contributed by atoms with van der Waals surface area (Å²) in [5.74, 6) is 0.854. The van der Waals surface area contributed by atoms with Gasteiger partial charge in [-0.1, -0.05) is 36.7 Å². The number of likely N-dealkylation sites (tertiary alicyclic amines) is 1. The fourth-order valence-corrected chi connectivity index (χ4v) is 4.41. The maximum absolute atomic E-state index is 12.4. The number of carbonyl (C=O) groups is 1. The van der Waals surface area contributed by atoms with Crippen LogP contribution >= 0.6 is 22.9 Å². The zero-order valence-electron chi connectivity index (χ0n) is 14.6. The number of amides is 1. The van der Waals surface area contributed by atoms with E-state index in [-0.39, 0.29) is 11.9 Å². The monoisotopic (exact) mass is 376 g/mol. The van der Waals surface area contributed by atoms with Crippen LogP contribution in [0.2, 0.25) is 5.02 Å².